The average molecular weight is 293 g/mol. The molecule has 1 heterocycles. The zero-order valence-corrected chi connectivity index (χ0v) is 11.2. The summed E-state index contributed by atoms with van der Waals surface area (Å²) in [4.78, 5) is 26.8. The number of hydrogen-bond acceptors (Lipinski definition) is 3. The van der Waals surface area contributed by atoms with Crippen LogP contribution in [0.25, 0.3) is 0 Å². The third kappa shape index (κ3) is 3.19. The molecule has 2 rings (SSSR count). The topological polar surface area (TPSA) is 59.1 Å². The summed E-state index contributed by atoms with van der Waals surface area (Å²) < 4.78 is 13.0. The Hall–Kier alpha value is -2.27. The van der Waals surface area contributed by atoms with Crippen molar-refractivity contribution in [1.29, 1.82) is 0 Å². The SMILES string of the molecule is Cc1cc(F)ccc1C(=O)Nc1ccc(C(=O)Cl)cn1. The third-order valence-corrected chi connectivity index (χ3v) is 2.88. The summed E-state index contributed by atoms with van der Waals surface area (Å²) in [5.74, 6) is -0.525. The molecule has 0 aliphatic rings. The lowest BCUT2D eigenvalue weighted by molar-refractivity contribution is 0.102. The van der Waals surface area contributed by atoms with Crippen molar-refractivity contribution in [3.05, 3.63) is 59.0 Å². The Kier molecular flexibility index (Phi) is 4.10. The Bertz CT molecular complexity index is 671. The highest BCUT2D eigenvalue weighted by Crippen LogP contribution is 2.13. The van der Waals surface area contributed by atoms with E-state index in [0.29, 0.717) is 11.1 Å². The number of carbonyl (C=O) groups is 2. The fraction of sp³-hybridized carbons (Fsp3) is 0.0714. The van der Waals surface area contributed by atoms with Crippen LogP contribution in [0.1, 0.15) is 26.3 Å². The number of hydrogen-bond donors (Lipinski definition) is 1. The van der Waals surface area contributed by atoms with Gasteiger partial charge in [0.1, 0.15) is 11.6 Å². The van der Waals surface area contributed by atoms with E-state index >= 15 is 0 Å². The maximum atomic E-state index is 13.0. The first-order chi connectivity index (χ1) is 9.47. The predicted molar refractivity (Wildman–Crippen MR) is 73.5 cm³/mol. The highest BCUT2D eigenvalue weighted by atomic mass is 35.5. The quantitative estimate of drug-likeness (QED) is 0.884. The van der Waals surface area contributed by atoms with Crippen LogP contribution in [-0.2, 0) is 0 Å². The van der Waals surface area contributed by atoms with E-state index in [0.717, 1.165) is 0 Å². The van der Waals surface area contributed by atoms with Gasteiger partial charge in [0.05, 0.1) is 5.56 Å². The van der Waals surface area contributed by atoms with Crippen LogP contribution in [0, 0.1) is 12.7 Å². The first-order valence-corrected chi connectivity index (χ1v) is 6.08. The second-order valence-electron chi connectivity index (χ2n) is 4.12. The molecule has 1 aromatic heterocycles. The van der Waals surface area contributed by atoms with Gasteiger partial charge in [-0.3, -0.25) is 9.59 Å². The maximum Gasteiger partial charge on any atom is 0.257 e. The average Bonchev–Trinajstić information content (AvgIpc) is 2.39. The van der Waals surface area contributed by atoms with Gasteiger partial charge in [-0.2, -0.15) is 0 Å². The number of nitrogens with zero attached hydrogens (tertiary/aromatic N) is 1. The van der Waals surface area contributed by atoms with E-state index in [9.17, 15) is 14.0 Å². The van der Waals surface area contributed by atoms with Crippen molar-refractivity contribution >= 4 is 28.6 Å². The van der Waals surface area contributed by atoms with Crippen molar-refractivity contribution in [3.63, 3.8) is 0 Å². The first kappa shape index (κ1) is 14.1. The molecule has 0 bridgehead atoms. The molecule has 20 heavy (non-hydrogen) atoms. The van der Waals surface area contributed by atoms with Gasteiger partial charge in [-0.05, 0) is 54.4 Å². The molecule has 1 aromatic carbocycles. The van der Waals surface area contributed by atoms with Gasteiger partial charge < -0.3 is 5.32 Å². The summed E-state index contributed by atoms with van der Waals surface area (Å²) in [6.07, 6.45) is 1.27. The highest BCUT2D eigenvalue weighted by molar-refractivity contribution is 6.67. The zero-order valence-electron chi connectivity index (χ0n) is 10.5. The van der Waals surface area contributed by atoms with Crippen LogP contribution in [0.15, 0.2) is 36.5 Å². The summed E-state index contributed by atoms with van der Waals surface area (Å²) in [5.41, 5.74) is 1.11. The fourth-order valence-corrected chi connectivity index (χ4v) is 1.76. The number of anilines is 1. The van der Waals surface area contributed by atoms with Gasteiger partial charge in [-0.1, -0.05) is 0 Å². The Labute approximate surface area is 119 Å². The van der Waals surface area contributed by atoms with Crippen LogP contribution in [0.2, 0.25) is 0 Å². The smallest absolute Gasteiger partial charge is 0.257 e. The third-order valence-electron chi connectivity index (χ3n) is 2.67. The minimum atomic E-state index is -0.621. The molecule has 2 aromatic rings. The first-order valence-electron chi connectivity index (χ1n) is 5.71. The van der Waals surface area contributed by atoms with E-state index in [1.165, 1.54) is 36.5 Å². The normalized spacial score (nSPS) is 10.2. The van der Waals surface area contributed by atoms with Gasteiger partial charge in [-0.25, -0.2) is 9.37 Å². The number of rotatable bonds is 3. The lowest BCUT2D eigenvalue weighted by atomic mass is 10.1. The molecule has 0 spiro atoms. The summed E-state index contributed by atoms with van der Waals surface area (Å²) in [5, 5.41) is 1.94. The molecule has 0 saturated carbocycles. The fourth-order valence-electron chi connectivity index (χ4n) is 1.65. The summed E-state index contributed by atoms with van der Waals surface area (Å²) >= 11 is 5.29. The molecule has 0 aliphatic carbocycles. The van der Waals surface area contributed by atoms with Crippen LogP contribution in [-0.4, -0.2) is 16.1 Å². The minimum absolute atomic E-state index is 0.239. The van der Waals surface area contributed by atoms with Gasteiger partial charge in [0.2, 0.25) is 0 Å². The van der Waals surface area contributed by atoms with Gasteiger partial charge >= 0.3 is 0 Å². The van der Waals surface area contributed by atoms with Crippen LogP contribution in [0.3, 0.4) is 0 Å². The van der Waals surface area contributed by atoms with Gasteiger partial charge in [0.15, 0.2) is 0 Å². The number of amides is 1. The Balaban J connectivity index is 2.17. The molecule has 0 fully saturated rings. The Morgan fingerprint density at radius 2 is 2.00 bits per heavy atom. The van der Waals surface area contributed by atoms with Crippen molar-refractivity contribution in [3.8, 4) is 0 Å². The van der Waals surface area contributed by atoms with Crippen LogP contribution >= 0.6 is 11.6 Å². The molecule has 102 valence electrons. The lowest BCUT2D eigenvalue weighted by Crippen LogP contribution is -2.14. The largest absolute Gasteiger partial charge is 0.307 e. The van der Waals surface area contributed by atoms with E-state index in [-0.39, 0.29) is 11.4 Å². The monoisotopic (exact) mass is 292 g/mol. The number of carbonyl (C=O) groups excluding carboxylic acids is 2. The van der Waals surface area contributed by atoms with Gasteiger partial charge in [-0.15, -0.1) is 0 Å². The number of aromatic nitrogens is 1. The molecular formula is C14H10ClFN2O2. The standard InChI is InChI=1S/C14H10ClFN2O2/c1-8-6-10(16)3-4-11(8)14(20)18-12-5-2-9(7-17-12)13(15)19/h2-7H,1H3,(H,17,18,20). The van der Waals surface area contributed by atoms with Crippen LogP contribution < -0.4 is 5.32 Å². The minimum Gasteiger partial charge on any atom is -0.307 e. The summed E-state index contributed by atoms with van der Waals surface area (Å²) in [7, 11) is 0. The van der Waals surface area contributed by atoms with Gasteiger partial charge in [0, 0.05) is 11.8 Å². The van der Waals surface area contributed by atoms with E-state index < -0.39 is 17.0 Å². The number of pyridine rings is 1. The molecule has 4 nitrogen and oxygen atoms in total. The number of aryl methyl sites for hydroxylation is 1. The number of halogens is 2. The van der Waals surface area contributed by atoms with Crippen molar-refractivity contribution < 1.29 is 14.0 Å². The summed E-state index contributed by atoms with van der Waals surface area (Å²) in [6.45, 7) is 1.64. The van der Waals surface area contributed by atoms with E-state index in [1.54, 1.807) is 6.92 Å². The van der Waals surface area contributed by atoms with E-state index in [4.69, 9.17) is 11.6 Å². The molecule has 1 amide bonds. The lowest BCUT2D eigenvalue weighted by Gasteiger charge is -2.07. The van der Waals surface area contributed by atoms with E-state index in [2.05, 4.69) is 10.3 Å². The second-order valence-corrected chi connectivity index (χ2v) is 4.46. The van der Waals surface area contributed by atoms with Crippen molar-refractivity contribution in [2.45, 2.75) is 6.92 Å². The maximum absolute atomic E-state index is 13.0. The molecule has 0 aliphatic heterocycles. The molecule has 0 atom stereocenters. The molecule has 0 radical (unpaired) electrons. The Morgan fingerprint density at radius 1 is 1.25 bits per heavy atom. The molecular weight excluding hydrogens is 283 g/mol. The second kappa shape index (κ2) is 5.79. The molecule has 0 unspecified atom stereocenters. The molecule has 6 heteroatoms. The van der Waals surface area contributed by atoms with Gasteiger partial charge in [0.25, 0.3) is 11.1 Å². The highest BCUT2D eigenvalue weighted by Gasteiger charge is 2.11. The summed E-state index contributed by atoms with van der Waals surface area (Å²) in [6, 6.07) is 6.81. The van der Waals surface area contributed by atoms with Crippen molar-refractivity contribution in [1.82, 2.24) is 4.98 Å². The number of nitrogens with one attached hydrogen (secondary N) is 1. The molecule has 0 saturated heterocycles. The van der Waals surface area contributed by atoms with E-state index in [1.807, 2.05) is 0 Å². The van der Waals surface area contributed by atoms with Crippen LogP contribution in [0.5, 0.6) is 0 Å². The van der Waals surface area contributed by atoms with Crippen molar-refractivity contribution in [2.24, 2.45) is 0 Å². The predicted octanol–water partition coefficient (Wildman–Crippen LogP) is 3.16. The van der Waals surface area contributed by atoms with Crippen LogP contribution in [0.4, 0.5) is 10.2 Å². The molecule has 1 N–H and O–H groups in total. The Morgan fingerprint density at radius 3 is 2.55 bits per heavy atom. The van der Waals surface area contributed by atoms with Crippen molar-refractivity contribution in [2.75, 3.05) is 5.32 Å². The zero-order chi connectivity index (χ0) is 14.7. The number of benzene rings is 1.